The summed E-state index contributed by atoms with van der Waals surface area (Å²) in [6, 6.07) is 1.06. The van der Waals surface area contributed by atoms with E-state index in [4.69, 9.17) is 0 Å². The van der Waals surface area contributed by atoms with Gasteiger partial charge in [-0.1, -0.05) is 51.7 Å². The molecule has 4 atom stereocenters. The summed E-state index contributed by atoms with van der Waals surface area (Å²) in [5, 5.41) is 12.0. The molecule has 0 aliphatic carbocycles. The van der Waals surface area contributed by atoms with Gasteiger partial charge in [-0.05, 0) is 17.9 Å². The molecule has 10 heteroatoms. The van der Waals surface area contributed by atoms with Crippen molar-refractivity contribution in [3.8, 4) is 0 Å². The van der Waals surface area contributed by atoms with E-state index in [1.807, 2.05) is 0 Å². The number of hydrogen-bond donors (Lipinski definition) is 0. The Morgan fingerprint density at radius 3 is 2.54 bits per heavy atom. The minimum absolute atomic E-state index is 0. The summed E-state index contributed by atoms with van der Waals surface area (Å²) in [6.45, 7) is 11.5. The van der Waals surface area contributed by atoms with Crippen molar-refractivity contribution in [1.29, 1.82) is 0 Å². The molecule has 0 N–H and O–H groups in total. The van der Waals surface area contributed by atoms with Gasteiger partial charge in [-0.2, -0.15) is 0 Å². The Labute approximate surface area is 202 Å². The molecule has 2 fully saturated rings. The summed E-state index contributed by atoms with van der Waals surface area (Å²) in [4.78, 5) is 25.8. The van der Waals surface area contributed by atoms with Gasteiger partial charge in [0.25, 0.3) is 0 Å². The Hall–Kier alpha value is 0.747. The van der Waals surface area contributed by atoms with Crippen molar-refractivity contribution < 1.29 is 48.5 Å². The van der Waals surface area contributed by atoms with Crippen molar-refractivity contribution in [2.45, 2.75) is 68.4 Å². The van der Waals surface area contributed by atoms with Crippen LogP contribution in [-0.2, 0) is 20.4 Å². The van der Waals surface area contributed by atoms with Crippen LogP contribution >= 0.6 is 23.5 Å². The first-order chi connectivity index (χ1) is 12.4. The van der Waals surface area contributed by atoms with Crippen LogP contribution in [0, 0.1) is 5.92 Å². The van der Waals surface area contributed by atoms with Crippen LogP contribution in [0.2, 0.25) is 24.2 Å². The molecule has 0 bridgehead atoms. The molecule has 3 rings (SSSR count). The van der Waals surface area contributed by atoms with Crippen molar-refractivity contribution in [3.63, 3.8) is 0 Å². The third kappa shape index (κ3) is 4.80. The Morgan fingerprint density at radius 2 is 2.04 bits per heavy atom. The van der Waals surface area contributed by atoms with Crippen molar-refractivity contribution in [3.05, 3.63) is 9.93 Å². The molecular weight excluding hydrogens is 441 g/mol. The first kappa shape index (κ1) is 25.0. The zero-order chi connectivity index (χ0) is 20.1. The predicted molar refractivity (Wildman–Crippen MR) is 114 cm³/mol. The van der Waals surface area contributed by atoms with Crippen LogP contribution in [0.1, 0.15) is 33.6 Å². The van der Waals surface area contributed by atoms with E-state index in [1.165, 1.54) is 28.4 Å². The van der Waals surface area contributed by atoms with Crippen molar-refractivity contribution >= 4 is 54.3 Å². The van der Waals surface area contributed by atoms with E-state index in [2.05, 4.69) is 33.9 Å². The number of hydrogen-bond acceptors (Lipinski definition) is 6. The zero-order valence-electron chi connectivity index (χ0n) is 17.6. The monoisotopic (exact) mass is 469 g/mol. The fourth-order valence-electron chi connectivity index (χ4n) is 3.46. The third-order valence-corrected chi connectivity index (χ3v) is 16.6. The number of fused-ring (bicyclic) bond motifs is 1. The van der Waals surface area contributed by atoms with Crippen LogP contribution < -0.4 is 34.7 Å². The largest absolute Gasteiger partial charge is 1.00 e. The first-order valence-electron chi connectivity index (χ1n) is 9.39. The van der Waals surface area contributed by atoms with Crippen LogP contribution in [0.4, 0.5) is 0 Å². The molecule has 0 aromatic heterocycles. The summed E-state index contributed by atoms with van der Waals surface area (Å²) in [6.07, 6.45) is 1.66. The summed E-state index contributed by atoms with van der Waals surface area (Å²) < 4.78 is 12.3. The van der Waals surface area contributed by atoms with Gasteiger partial charge in [-0.3, -0.25) is 13.9 Å². The molecule has 5 nitrogen and oxygen atoms in total. The molecule has 3 heterocycles. The molecule has 0 saturated carbocycles. The number of thioether (sulfide) groups is 2. The van der Waals surface area contributed by atoms with Gasteiger partial charge in [-0.25, -0.2) is 0 Å². The number of carboxylic acids is 1. The molecular formula is C18H28NNaO4S3Si. The van der Waals surface area contributed by atoms with Gasteiger partial charge in [0.15, 0.2) is 0 Å². The predicted octanol–water partition coefficient (Wildman–Crippen LogP) is -0.406. The van der Waals surface area contributed by atoms with E-state index in [0.29, 0.717) is 15.7 Å². The van der Waals surface area contributed by atoms with Crippen LogP contribution in [0.5, 0.6) is 0 Å². The maximum absolute atomic E-state index is 12.7. The molecule has 152 valence electrons. The molecule has 1 amide bonds. The van der Waals surface area contributed by atoms with E-state index < -0.39 is 24.8 Å². The number of aliphatic carboxylic acids is 1. The minimum atomic E-state index is -1.48. The second-order valence-electron chi connectivity index (χ2n) is 9.26. The number of carbonyl (C=O) groups excluding carboxylic acids is 2. The average Bonchev–Trinajstić information content (AvgIpc) is 3.08. The first-order valence-corrected chi connectivity index (χ1v) is 15.8. The molecule has 3 aliphatic rings. The normalized spacial score (nSPS) is 30.2. The van der Waals surface area contributed by atoms with E-state index >= 15 is 0 Å². The van der Waals surface area contributed by atoms with Gasteiger partial charge < -0.3 is 9.90 Å². The Morgan fingerprint density at radius 1 is 1.39 bits per heavy atom. The van der Waals surface area contributed by atoms with Gasteiger partial charge in [0.2, 0.25) is 5.91 Å². The summed E-state index contributed by atoms with van der Waals surface area (Å²) in [5.74, 6) is -0.173. The van der Waals surface area contributed by atoms with Crippen molar-refractivity contribution in [2.75, 3.05) is 11.5 Å². The number of carbonyl (C=O) groups is 2. The summed E-state index contributed by atoms with van der Waals surface area (Å²) >= 11 is 2.98. The maximum atomic E-state index is 12.7. The van der Waals surface area contributed by atoms with Gasteiger partial charge in [-0.15, -0.1) is 11.8 Å². The molecule has 3 aliphatic heterocycles. The van der Waals surface area contributed by atoms with Crippen molar-refractivity contribution in [1.82, 2.24) is 4.90 Å². The smallest absolute Gasteiger partial charge is 0.543 e. The molecule has 2 saturated heterocycles. The van der Waals surface area contributed by atoms with Crippen molar-refractivity contribution in [2.24, 2.45) is 5.92 Å². The van der Waals surface area contributed by atoms with E-state index in [-0.39, 0.29) is 62.7 Å². The summed E-state index contributed by atoms with van der Waals surface area (Å²) in [7, 11) is -2.28. The van der Waals surface area contributed by atoms with E-state index in [1.54, 1.807) is 0 Å². The van der Waals surface area contributed by atoms with E-state index in [9.17, 15) is 18.9 Å². The molecule has 0 aromatic rings. The average molecular weight is 470 g/mol. The fraction of sp³-hybridized carbons (Fsp3) is 0.778. The van der Waals surface area contributed by atoms with Gasteiger partial charge in [0.05, 0.1) is 35.3 Å². The Kier molecular flexibility index (Phi) is 8.11. The van der Waals surface area contributed by atoms with Crippen LogP contribution in [0.3, 0.4) is 0 Å². The Bertz CT molecular complexity index is 722. The molecule has 0 spiro atoms. The third-order valence-electron chi connectivity index (χ3n) is 6.43. The standard InChI is InChI=1S/C18H29NO4S3Si.Na/c1-18(2,3)27(4,5)9-7-12-14(20)19-13(16(21)22)17(25-15(12)19)24-11-6-8-26(23)10-11;/h11-12,15H,6-10H2,1-5H3,(H,21,22);/q;+1/p-1/t11-,12-,15+,26+;/m0./s1. The second-order valence-corrected chi connectivity index (χ2v) is 19.3. The zero-order valence-corrected chi connectivity index (χ0v) is 23.0. The number of rotatable bonds is 6. The Balaban J connectivity index is 0.00000280. The number of amides is 1. The van der Waals surface area contributed by atoms with Gasteiger partial charge in [0, 0.05) is 27.6 Å². The molecule has 0 radical (unpaired) electrons. The minimum Gasteiger partial charge on any atom is -0.543 e. The molecule has 0 aromatic carbocycles. The van der Waals surface area contributed by atoms with Crippen LogP contribution in [0.15, 0.2) is 9.93 Å². The molecule has 0 unspecified atom stereocenters. The van der Waals surface area contributed by atoms with Gasteiger partial charge >= 0.3 is 29.6 Å². The molecule has 28 heavy (non-hydrogen) atoms. The van der Waals surface area contributed by atoms with Gasteiger partial charge in [0.1, 0.15) is 0 Å². The number of β-lactam (4-membered cyclic amide) rings is 1. The number of nitrogens with zero attached hydrogens (tertiary/aromatic N) is 1. The van der Waals surface area contributed by atoms with Crippen LogP contribution in [0.25, 0.3) is 0 Å². The maximum Gasteiger partial charge on any atom is 1.00 e. The fourth-order valence-corrected chi connectivity index (χ4v) is 10.4. The second kappa shape index (κ2) is 9.08. The van der Waals surface area contributed by atoms with Crippen LogP contribution in [-0.4, -0.2) is 51.2 Å². The SMILES string of the molecule is CC(C)(C)[Si](C)(C)CC[C@H]1C(=O)N2C(C(=O)[O-])=C(S[C@H]3CC[S@@](=O)C3)S[C@H]12.[Na+]. The van der Waals surface area contributed by atoms with E-state index in [0.717, 1.165) is 18.9 Å². The number of carboxylic acid groups (broad SMARTS) is 1. The quantitative estimate of drug-likeness (QED) is 0.389. The topological polar surface area (TPSA) is 77.5 Å². The summed E-state index contributed by atoms with van der Waals surface area (Å²) in [5.41, 5.74) is 0.0428.